The second-order valence-corrected chi connectivity index (χ2v) is 8.03. The maximum absolute atomic E-state index is 12.9. The third-order valence-corrected chi connectivity index (χ3v) is 5.45. The number of nitrogens with zero attached hydrogens (tertiary/aromatic N) is 2. The van der Waals surface area contributed by atoms with Crippen molar-refractivity contribution < 1.29 is 19.2 Å². The summed E-state index contributed by atoms with van der Waals surface area (Å²) in [6.45, 7) is 0.397. The summed E-state index contributed by atoms with van der Waals surface area (Å²) in [6, 6.07) is 20.8. The Morgan fingerprint density at radius 3 is 2.21 bits per heavy atom. The van der Waals surface area contributed by atoms with Gasteiger partial charge >= 0.3 is 0 Å². The molecule has 166 valence electrons. The van der Waals surface area contributed by atoms with Crippen molar-refractivity contribution in [2.75, 3.05) is 14.1 Å². The van der Waals surface area contributed by atoms with Crippen LogP contribution in [-0.2, 0) is 13.1 Å². The highest BCUT2D eigenvalue weighted by molar-refractivity contribution is 6.22. The Labute approximate surface area is 191 Å². The van der Waals surface area contributed by atoms with Crippen LogP contribution in [-0.4, -0.2) is 47.5 Å². The highest BCUT2D eigenvalue weighted by Crippen LogP contribution is 2.25. The minimum Gasteiger partial charge on any atom is -0.348 e. The number of hydrogen-bond acceptors (Lipinski definition) is 4. The minimum absolute atomic E-state index is 0.120. The first kappa shape index (κ1) is 22.0. The first-order valence-corrected chi connectivity index (χ1v) is 10.5. The van der Waals surface area contributed by atoms with Gasteiger partial charge in [0.25, 0.3) is 23.6 Å². The molecule has 1 N–H and O–H groups in total. The fraction of sp³-hybridized carbons (Fsp3) is 0.154. The SMILES string of the molecule is CN(C)C(=O)c1cccc(CNC(=O)c2ccc3c(c2)C(=O)N(Cc2ccccc2)C3=O)c1. The van der Waals surface area contributed by atoms with Crippen LogP contribution in [0.25, 0.3) is 0 Å². The fourth-order valence-corrected chi connectivity index (χ4v) is 3.70. The van der Waals surface area contributed by atoms with E-state index in [2.05, 4.69) is 5.32 Å². The molecule has 0 bridgehead atoms. The van der Waals surface area contributed by atoms with Crippen LogP contribution in [0.15, 0.2) is 72.8 Å². The molecular formula is C26H23N3O4. The predicted octanol–water partition coefficient (Wildman–Crippen LogP) is 3.11. The maximum atomic E-state index is 12.9. The van der Waals surface area contributed by atoms with Gasteiger partial charge in [0.05, 0.1) is 17.7 Å². The quantitative estimate of drug-likeness (QED) is 0.596. The van der Waals surface area contributed by atoms with Crippen molar-refractivity contribution in [2.45, 2.75) is 13.1 Å². The lowest BCUT2D eigenvalue weighted by Crippen LogP contribution is -2.29. The molecule has 0 aromatic heterocycles. The van der Waals surface area contributed by atoms with Crippen LogP contribution in [0.1, 0.15) is 52.6 Å². The van der Waals surface area contributed by atoms with Gasteiger partial charge < -0.3 is 10.2 Å². The van der Waals surface area contributed by atoms with Crippen molar-refractivity contribution in [1.29, 1.82) is 0 Å². The van der Waals surface area contributed by atoms with E-state index in [1.165, 1.54) is 28.0 Å². The summed E-state index contributed by atoms with van der Waals surface area (Å²) >= 11 is 0. The van der Waals surface area contributed by atoms with Crippen molar-refractivity contribution >= 4 is 23.6 Å². The molecule has 7 nitrogen and oxygen atoms in total. The van der Waals surface area contributed by atoms with Gasteiger partial charge in [0, 0.05) is 31.8 Å². The molecule has 0 unspecified atom stereocenters. The Bertz CT molecular complexity index is 1250. The van der Waals surface area contributed by atoms with E-state index in [0.717, 1.165) is 11.1 Å². The molecule has 0 atom stereocenters. The number of nitrogens with one attached hydrogen (secondary N) is 1. The molecule has 4 rings (SSSR count). The number of carbonyl (C=O) groups excluding carboxylic acids is 4. The second-order valence-electron chi connectivity index (χ2n) is 8.03. The van der Waals surface area contributed by atoms with E-state index >= 15 is 0 Å². The molecular weight excluding hydrogens is 418 g/mol. The molecule has 0 radical (unpaired) electrons. The van der Waals surface area contributed by atoms with Gasteiger partial charge in [0.15, 0.2) is 0 Å². The lowest BCUT2D eigenvalue weighted by Gasteiger charge is -2.13. The molecule has 1 aliphatic heterocycles. The Morgan fingerprint density at radius 2 is 1.48 bits per heavy atom. The van der Waals surface area contributed by atoms with Gasteiger partial charge in [0.2, 0.25) is 0 Å². The van der Waals surface area contributed by atoms with Gasteiger partial charge in [-0.2, -0.15) is 0 Å². The maximum Gasteiger partial charge on any atom is 0.261 e. The van der Waals surface area contributed by atoms with E-state index < -0.39 is 5.91 Å². The Kier molecular flexibility index (Phi) is 6.04. The van der Waals surface area contributed by atoms with Crippen molar-refractivity contribution in [2.24, 2.45) is 0 Å². The average Bonchev–Trinajstić information content (AvgIpc) is 3.07. The van der Waals surface area contributed by atoms with E-state index in [1.54, 1.807) is 32.3 Å². The number of fused-ring (bicyclic) bond motifs is 1. The first-order chi connectivity index (χ1) is 15.8. The van der Waals surface area contributed by atoms with Crippen LogP contribution in [0.4, 0.5) is 0 Å². The number of hydrogen-bond donors (Lipinski definition) is 1. The van der Waals surface area contributed by atoms with Crippen molar-refractivity contribution in [3.63, 3.8) is 0 Å². The molecule has 0 aliphatic carbocycles. The van der Waals surface area contributed by atoms with Gasteiger partial charge in [0.1, 0.15) is 0 Å². The third kappa shape index (κ3) is 4.52. The minimum atomic E-state index is -0.414. The zero-order chi connectivity index (χ0) is 23.5. The number of imide groups is 1. The Balaban J connectivity index is 1.46. The standard InChI is InChI=1S/C26H23N3O4/c1-28(2)24(31)20-10-6-9-18(13-20)15-27-23(30)19-11-12-21-22(14-19)26(33)29(25(21)32)16-17-7-4-3-5-8-17/h3-14H,15-16H2,1-2H3,(H,27,30). The van der Waals surface area contributed by atoms with Crippen LogP contribution in [0.2, 0.25) is 0 Å². The molecule has 33 heavy (non-hydrogen) atoms. The lowest BCUT2D eigenvalue weighted by molar-refractivity contribution is 0.0641. The highest BCUT2D eigenvalue weighted by atomic mass is 16.2. The zero-order valence-electron chi connectivity index (χ0n) is 18.4. The van der Waals surface area contributed by atoms with Crippen LogP contribution in [0, 0.1) is 0 Å². The van der Waals surface area contributed by atoms with E-state index in [0.29, 0.717) is 11.1 Å². The van der Waals surface area contributed by atoms with E-state index in [9.17, 15) is 19.2 Å². The van der Waals surface area contributed by atoms with Crippen molar-refractivity contribution in [3.8, 4) is 0 Å². The average molecular weight is 441 g/mol. The molecule has 4 amide bonds. The molecule has 0 saturated heterocycles. The van der Waals surface area contributed by atoms with Gasteiger partial charge in [-0.3, -0.25) is 24.1 Å². The van der Waals surface area contributed by atoms with Crippen molar-refractivity contribution in [3.05, 3.63) is 106 Å². The van der Waals surface area contributed by atoms with Gasteiger partial charge in [-0.05, 0) is 41.5 Å². The zero-order valence-corrected chi connectivity index (χ0v) is 18.4. The smallest absolute Gasteiger partial charge is 0.261 e. The number of benzene rings is 3. The molecule has 0 fully saturated rings. The van der Waals surface area contributed by atoms with Gasteiger partial charge in [-0.15, -0.1) is 0 Å². The normalized spacial score (nSPS) is 12.5. The number of rotatable bonds is 6. The van der Waals surface area contributed by atoms with Gasteiger partial charge in [-0.25, -0.2) is 0 Å². The van der Waals surface area contributed by atoms with E-state index in [1.807, 2.05) is 36.4 Å². The van der Waals surface area contributed by atoms with E-state index in [-0.39, 0.29) is 41.9 Å². The van der Waals surface area contributed by atoms with Crippen LogP contribution in [0.3, 0.4) is 0 Å². The largest absolute Gasteiger partial charge is 0.348 e. The third-order valence-electron chi connectivity index (χ3n) is 5.45. The van der Waals surface area contributed by atoms with Gasteiger partial charge in [-0.1, -0.05) is 42.5 Å². The molecule has 3 aromatic carbocycles. The molecule has 3 aromatic rings. The summed E-state index contributed by atoms with van der Waals surface area (Å²) in [4.78, 5) is 53.1. The fourth-order valence-electron chi connectivity index (χ4n) is 3.70. The summed E-state index contributed by atoms with van der Waals surface area (Å²) < 4.78 is 0. The number of amides is 4. The van der Waals surface area contributed by atoms with Crippen molar-refractivity contribution in [1.82, 2.24) is 15.1 Å². The molecule has 7 heteroatoms. The monoisotopic (exact) mass is 441 g/mol. The second kappa shape index (κ2) is 9.08. The summed E-state index contributed by atoms with van der Waals surface area (Å²) in [5.41, 5.74) is 2.96. The topological polar surface area (TPSA) is 86.8 Å². The molecule has 0 saturated carbocycles. The van der Waals surface area contributed by atoms with E-state index in [4.69, 9.17) is 0 Å². The molecule has 1 heterocycles. The van der Waals surface area contributed by atoms with Crippen LogP contribution >= 0.6 is 0 Å². The predicted molar refractivity (Wildman–Crippen MR) is 123 cm³/mol. The lowest BCUT2D eigenvalue weighted by atomic mass is 10.0. The highest BCUT2D eigenvalue weighted by Gasteiger charge is 2.36. The summed E-state index contributed by atoms with van der Waals surface area (Å²) in [7, 11) is 3.36. The van der Waals surface area contributed by atoms with Crippen LogP contribution < -0.4 is 5.32 Å². The number of carbonyl (C=O) groups is 4. The summed E-state index contributed by atoms with van der Waals surface area (Å²) in [5.74, 6) is -1.27. The van der Waals surface area contributed by atoms with Crippen LogP contribution in [0.5, 0.6) is 0 Å². The summed E-state index contributed by atoms with van der Waals surface area (Å²) in [6.07, 6.45) is 0. The summed E-state index contributed by atoms with van der Waals surface area (Å²) in [5, 5.41) is 2.81. The molecule has 0 spiro atoms. The molecule has 1 aliphatic rings. The first-order valence-electron chi connectivity index (χ1n) is 10.5. The Hall–Kier alpha value is -4.26. The Morgan fingerprint density at radius 1 is 0.788 bits per heavy atom.